The summed E-state index contributed by atoms with van der Waals surface area (Å²) in [5.41, 5.74) is 2.23. The van der Waals surface area contributed by atoms with Crippen LogP contribution in [0, 0.1) is 0 Å². The largest absolute Gasteiger partial charge is 0.456 e. The van der Waals surface area contributed by atoms with Crippen molar-refractivity contribution in [3.05, 3.63) is 83.1 Å². The molecule has 1 heterocycles. The van der Waals surface area contributed by atoms with E-state index in [0.717, 1.165) is 11.1 Å². The van der Waals surface area contributed by atoms with Gasteiger partial charge in [-0.2, -0.15) is 0 Å². The monoisotopic (exact) mass is 588 g/mol. The second-order valence-corrected chi connectivity index (χ2v) is 9.54. The zero-order chi connectivity index (χ0) is 27.7. The highest BCUT2D eigenvalue weighted by molar-refractivity contribution is 9.09. The molecule has 2 aromatic rings. The maximum atomic E-state index is 13.3. The van der Waals surface area contributed by atoms with Crippen LogP contribution in [0.5, 0.6) is 0 Å². The zero-order valence-corrected chi connectivity index (χ0v) is 23.5. The fourth-order valence-corrected chi connectivity index (χ4v) is 4.53. The SMILES string of the molecule is COC(CBr)(CO[C@H]1[C@@H](NC(=O)Cc2ccccc2)C(=O)N1C(C(=O)OCc1ccccc1)=C(C)C)OC. The fourth-order valence-electron chi connectivity index (χ4n) is 3.91. The van der Waals surface area contributed by atoms with E-state index in [4.69, 9.17) is 18.9 Å². The molecule has 1 N–H and O–H groups in total. The quantitative estimate of drug-likeness (QED) is 0.126. The molecule has 0 spiro atoms. The highest BCUT2D eigenvalue weighted by Gasteiger charge is 2.53. The van der Waals surface area contributed by atoms with Crippen LogP contribution in [0.1, 0.15) is 25.0 Å². The second kappa shape index (κ2) is 13.7. The number of carbonyl (C=O) groups is 3. The molecule has 2 amide bonds. The summed E-state index contributed by atoms with van der Waals surface area (Å²) in [6.07, 6.45) is -0.895. The number of rotatable bonds is 13. The summed E-state index contributed by atoms with van der Waals surface area (Å²) in [6, 6.07) is 17.4. The van der Waals surface area contributed by atoms with Crippen LogP contribution in [-0.2, 0) is 46.4 Å². The second-order valence-electron chi connectivity index (χ2n) is 8.98. The number of likely N-dealkylation sites (tertiary alicyclic amines) is 1. The van der Waals surface area contributed by atoms with Gasteiger partial charge in [0.1, 0.15) is 18.9 Å². The van der Waals surface area contributed by atoms with Crippen LogP contribution in [0.4, 0.5) is 0 Å². The van der Waals surface area contributed by atoms with Crippen molar-refractivity contribution in [2.75, 3.05) is 26.2 Å². The predicted molar refractivity (Wildman–Crippen MR) is 144 cm³/mol. The lowest BCUT2D eigenvalue weighted by Crippen LogP contribution is -2.72. The molecule has 3 rings (SSSR count). The Bertz CT molecular complexity index is 1120. The first-order chi connectivity index (χ1) is 18.2. The number of hydrogen-bond donors (Lipinski definition) is 1. The number of hydrogen-bond acceptors (Lipinski definition) is 7. The first kappa shape index (κ1) is 29.5. The van der Waals surface area contributed by atoms with Gasteiger partial charge in [-0.25, -0.2) is 4.79 Å². The molecule has 2 atom stereocenters. The van der Waals surface area contributed by atoms with Gasteiger partial charge in [-0.05, 0) is 30.5 Å². The highest BCUT2D eigenvalue weighted by Crippen LogP contribution is 2.31. The van der Waals surface area contributed by atoms with Crippen LogP contribution < -0.4 is 5.32 Å². The van der Waals surface area contributed by atoms with Gasteiger partial charge in [-0.3, -0.25) is 14.5 Å². The molecule has 0 aromatic heterocycles. The van der Waals surface area contributed by atoms with Crippen LogP contribution in [0.2, 0.25) is 0 Å². The number of allylic oxidation sites excluding steroid dienone is 1. The summed E-state index contributed by atoms with van der Waals surface area (Å²) >= 11 is 3.36. The van der Waals surface area contributed by atoms with E-state index in [-0.39, 0.29) is 36.6 Å². The molecule has 0 saturated carbocycles. The van der Waals surface area contributed by atoms with Crippen LogP contribution in [0.25, 0.3) is 0 Å². The standard InChI is InChI=1S/C28H33BrN2O7/c1-19(2)24(27(34)37-16-21-13-9-6-10-14-21)31-25(33)23(26(31)38-18-28(17-29,35-3)36-4)30-22(32)15-20-11-7-5-8-12-20/h5-14,23,26H,15-18H2,1-4H3,(H,30,32)/t23-,26-/m0/s1. The zero-order valence-electron chi connectivity index (χ0n) is 21.9. The van der Waals surface area contributed by atoms with Crippen LogP contribution in [0.15, 0.2) is 71.9 Å². The molecule has 0 unspecified atom stereocenters. The Hall–Kier alpha value is -3.05. The van der Waals surface area contributed by atoms with Crippen molar-refractivity contribution >= 4 is 33.7 Å². The van der Waals surface area contributed by atoms with Crippen molar-refractivity contribution in [3.63, 3.8) is 0 Å². The molecule has 1 aliphatic rings. The lowest BCUT2D eigenvalue weighted by Gasteiger charge is -2.47. The average Bonchev–Trinajstić information content (AvgIpc) is 2.93. The molecule has 9 nitrogen and oxygen atoms in total. The summed E-state index contributed by atoms with van der Waals surface area (Å²) < 4.78 is 22.5. The summed E-state index contributed by atoms with van der Waals surface area (Å²) in [5, 5.41) is 3.04. The molecule has 1 fully saturated rings. The molecule has 0 aliphatic carbocycles. The van der Waals surface area contributed by atoms with E-state index in [0.29, 0.717) is 5.57 Å². The Morgan fingerprint density at radius 3 is 2.08 bits per heavy atom. The van der Waals surface area contributed by atoms with Gasteiger partial charge in [0.25, 0.3) is 5.91 Å². The molecule has 0 bridgehead atoms. The van der Waals surface area contributed by atoms with Gasteiger partial charge in [-0.1, -0.05) is 76.6 Å². The molecular weight excluding hydrogens is 556 g/mol. The van der Waals surface area contributed by atoms with Gasteiger partial charge in [-0.15, -0.1) is 0 Å². The number of halogens is 1. The van der Waals surface area contributed by atoms with E-state index in [9.17, 15) is 14.4 Å². The summed E-state index contributed by atoms with van der Waals surface area (Å²) in [5.74, 6) is -2.64. The molecule has 1 saturated heterocycles. The van der Waals surface area contributed by atoms with Gasteiger partial charge in [0.15, 0.2) is 12.3 Å². The third-order valence-corrected chi connectivity index (χ3v) is 6.96. The van der Waals surface area contributed by atoms with E-state index < -0.39 is 29.9 Å². The number of nitrogens with zero attached hydrogens (tertiary/aromatic N) is 1. The number of ether oxygens (including phenoxy) is 4. The summed E-state index contributed by atoms with van der Waals surface area (Å²) in [6.45, 7) is 3.37. The van der Waals surface area contributed by atoms with Gasteiger partial charge in [0.05, 0.1) is 11.8 Å². The number of methoxy groups -OCH3 is 2. The average molecular weight is 589 g/mol. The Morgan fingerprint density at radius 1 is 0.974 bits per heavy atom. The molecule has 2 aromatic carbocycles. The van der Waals surface area contributed by atoms with E-state index in [1.807, 2.05) is 60.7 Å². The van der Waals surface area contributed by atoms with Gasteiger partial charge in [0.2, 0.25) is 11.7 Å². The van der Waals surface area contributed by atoms with Gasteiger partial charge >= 0.3 is 5.97 Å². The van der Waals surface area contributed by atoms with Gasteiger partial charge < -0.3 is 24.3 Å². The highest BCUT2D eigenvalue weighted by atomic mass is 79.9. The van der Waals surface area contributed by atoms with Crippen LogP contribution in [0.3, 0.4) is 0 Å². The van der Waals surface area contributed by atoms with E-state index in [2.05, 4.69) is 21.2 Å². The van der Waals surface area contributed by atoms with E-state index in [1.54, 1.807) is 13.8 Å². The number of β-lactam (4-membered cyclic amide) rings is 1. The molecule has 1 aliphatic heterocycles. The lowest BCUT2D eigenvalue weighted by molar-refractivity contribution is -0.246. The molecular formula is C28H33BrN2O7. The summed E-state index contributed by atoms with van der Waals surface area (Å²) in [4.78, 5) is 40.5. The van der Waals surface area contributed by atoms with E-state index >= 15 is 0 Å². The topological polar surface area (TPSA) is 103 Å². The fraction of sp³-hybridized carbons (Fsp3) is 0.393. The molecule has 204 valence electrons. The number of amides is 2. The Balaban J connectivity index is 1.80. The van der Waals surface area contributed by atoms with Crippen LogP contribution in [-0.4, -0.2) is 66.9 Å². The Kier molecular flexibility index (Phi) is 10.6. The minimum Gasteiger partial charge on any atom is -0.456 e. The first-order valence-electron chi connectivity index (χ1n) is 12.1. The molecule has 0 radical (unpaired) electrons. The third kappa shape index (κ3) is 7.08. The minimum atomic E-state index is -1.14. The number of esters is 1. The third-order valence-electron chi connectivity index (χ3n) is 6.11. The number of nitrogens with one attached hydrogen (secondary N) is 1. The first-order valence-corrected chi connectivity index (χ1v) is 13.2. The minimum absolute atomic E-state index is 0.0430. The maximum Gasteiger partial charge on any atom is 0.355 e. The van der Waals surface area contributed by atoms with Crippen molar-refractivity contribution in [1.82, 2.24) is 10.2 Å². The number of alkyl halides is 1. The maximum absolute atomic E-state index is 13.3. The van der Waals surface area contributed by atoms with E-state index in [1.165, 1.54) is 19.1 Å². The molecule has 38 heavy (non-hydrogen) atoms. The van der Waals surface area contributed by atoms with Crippen molar-refractivity contribution in [1.29, 1.82) is 0 Å². The lowest BCUT2D eigenvalue weighted by atomic mass is 10.0. The normalized spacial score (nSPS) is 17.0. The molecule has 10 heteroatoms. The Labute approximate surface area is 231 Å². The number of carbonyl (C=O) groups excluding carboxylic acids is 3. The number of benzene rings is 2. The van der Waals surface area contributed by atoms with Crippen molar-refractivity contribution in [2.24, 2.45) is 0 Å². The van der Waals surface area contributed by atoms with Crippen LogP contribution >= 0.6 is 15.9 Å². The Morgan fingerprint density at radius 2 is 1.55 bits per heavy atom. The summed E-state index contributed by atoms with van der Waals surface area (Å²) in [7, 11) is 2.94. The van der Waals surface area contributed by atoms with Crippen molar-refractivity contribution in [3.8, 4) is 0 Å². The van der Waals surface area contributed by atoms with Crippen molar-refractivity contribution in [2.45, 2.75) is 44.9 Å². The van der Waals surface area contributed by atoms with Crippen molar-refractivity contribution < 1.29 is 33.3 Å². The predicted octanol–water partition coefficient (Wildman–Crippen LogP) is 3.32. The van der Waals surface area contributed by atoms with Gasteiger partial charge in [0, 0.05) is 14.2 Å². The smallest absolute Gasteiger partial charge is 0.355 e.